The second-order valence-corrected chi connectivity index (χ2v) is 9.22. The number of carbonyl (C=O) groups is 1. The Morgan fingerprint density at radius 2 is 1.83 bits per heavy atom. The molecule has 0 spiro atoms. The molecule has 1 aliphatic rings. The van der Waals surface area contributed by atoms with E-state index < -0.39 is 12.1 Å². The molecule has 0 fully saturated rings. The summed E-state index contributed by atoms with van der Waals surface area (Å²) in [5, 5.41) is 22.9. The SMILES string of the molecule is CC(C)Oc1cc(-c2ccc3c(c2)CC[C@H](CNC[C@H](O)COc2ccccc2)O3)ccc1C(=O)O. The van der Waals surface area contributed by atoms with Gasteiger partial charge in [0, 0.05) is 13.1 Å². The van der Waals surface area contributed by atoms with Crippen molar-refractivity contribution in [3.8, 4) is 28.4 Å². The Balaban J connectivity index is 1.32. The van der Waals surface area contributed by atoms with Gasteiger partial charge in [0.25, 0.3) is 0 Å². The number of carboxylic acid groups (broad SMARTS) is 1. The number of rotatable bonds is 11. The number of ether oxygens (including phenoxy) is 3. The summed E-state index contributed by atoms with van der Waals surface area (Å²) in [6, 6.07) is 20.7. The predicted molar refractivity (Wildman–Crippen MR) is 138 cm³/mol. The molecule has 7 nitrogen and oxygen atoms in total. The molecule has 1 aliphatic heterocycles. The lowest BCUT2D eigenvalue weighted by Crippen LogP contribution is -2.39. The summed E-state index contributed by atoms with van der Waals surface area (Å²) in [4.78, 5) is 11.6. The zero-order valence-electron chi connectivity index (χ0n) is 20.6. The van der Waals surface area contributed by atoms with Gasteiger partial charge in [-0.2, -0.15) is 0 Å². The molecule has 0 saturated carbocycles. The number of aliphatic hydroxyl groups excluding tert-OH is 1. The van der Waals surface area contributed by atoms with Crippen LogP contribution in [-0.2, 0) is 6.42 Å². The molecule has 2 atom stereocenters. The fourth-order valence-corrected chi connectivity index (χ4v) is 4.18. The first kappa shape index (κ1) is 25.5. The van der Waals surface area contributed by atoms with Gasteiger partial charge in [0.2, 0.25) is 0 Å². The number of aryl methyl sites for hydroxylation is 1. The number of carboxylic acids is 1. The first-order chi connectivity index (χ1) is 17.4. The van der Waals surface area contributed by atoms with Crippen molar-refractivity contribution < 1.29 is 29.2 Å². The smallest absolute Gasteiger partial charge is 0.339 e. The highest BCUT2D eigenvalue weighted by Crippen LogP contribution is 2.34. The molecular weight excluding hydrogens is 458 g/mol. The number of fused-ring (bicyclic) bond motifs is 1. The maximum Gasteiger partial charge on any atom is 0.339 e. The molecule has 0 bridgehead atoms. The van der Waals surface area contributed by atoms with Crippen molar-refractivity contribution in [3.63, 3.8) is 0 Å². The molecular formula is C29H33NO6. The number of aliphatic hydroxyl groups is 1. The summed E-state index contributed by atoms with van der Waals surface area (Å²) in [5.41, 5.74) is 3.16. The van der Waals surface area contributed by atoms with E-state index in [9.17, 15) is 15.0 Å². The molecule has 0 saturated heterocycles. The zero-order valence-corrected chi connectivity index (χ0v) is 20.6. The average molecular weight is 492 g/mol. The van der Waals surface area contributed by atoms with Gasteiger partial charge in [0.15, 0.2) is 0 Å². The third-order valence-corrected chi connectivity index (χ3v) is 5.94. The van der Waals surface area contributed by atoms with Crippen molar-refractivity contribution in [1.82, 2.24) is 5.32 Å². The lowest BCUT2D eigenvalue weighted by atomic mass is 9.96. The van der Waals surface area contributed by atoms with Gasteiger partial charge in [0.05, 0.1) is 6.10 Å². The van der Waals surface area contributed by atoms with Crippen LogP contribution in [0.25, 0.3) is 11.1 Å². The van der Waals surface area contributed by atoms with E-state index in [2.05, 4.69) is 11.4 Å². The Kier molecular flexibility index (Phi) is 8.46. The lowest BCUT2D eigenvalue weighted by molar-refractivity contribution is 0.0690. The van der Waals surface area contributed by atoms with Crippen LogP contribution in [0.2, 0.25) is 0 Å². The van der Waals surface area contributed by atoms with E-state index in [1.807, 2.05) is 62.4 Å². The molecule has 0 aromatic heterocycles. The zero-order chi connectivity index (χ0) is 25.5. The molecule has 190 valence electrons. The van der Waals surface area contributed by atoms with Crippen molar-refractivity contribution in [2.75, 3.05) is 19.7 Å². The summed E-state index contributed by atoms with van der Waals surface area (Å²) in [6.45, 7) is 5.03. The van der Waals surface area contributed by atoms with Crippen LogP contribution in [0.5, 0.6) is 17.2 Å². The van der Waals surface area contributed by atoms with Crippen molar-refractivity contribution in [2.45, 2.75) is 45.0 Å². The van der Waals surface area contributed by atoms with Crippen LogP contribution in [-0.4, -0.2) is 54.2 Å². The van der Waals surface area contributed by atoms with Gasteiger partial charge in [-0.1, -0.05) is 30.3 Å². The Hall–Kier alpha value is -3.55. The fourth-order valence-electron chi connectivity index (χ4n) is 4.18. The normalized spacial score (nSPS) is 15.6. The topological polar surface area (TPSA) is 97.3 Å². The van der Waals surface area contributed by atoms with Crippen LogP contribution in [0.3, 0.4) is 0 Å². The van der Waals surface area contributed by atoms with Gasteiger partial charge < -0.3 is 29.7 Å². The summed E-state index contributed by atoms with van der Waals surface area (Å²) < 4.78 is 17.5. The van der Waals surface area contributed by atoms with Crippen LogP contribution in [0.4, 0.5) is 0 Å². The van der Waals surface area contributed by atoms with Crippen LogP contribution in [0.15, 0.2) is 66.7 Å². The second-order valence-electron chi connectivity index (χ2n) is 9.22. The summed E-state index contributed by atoms with van der Waals surface area (Å²) >= 11 is 0. The minimum Gasteiger partial charge on any atom is -0.491 e. The highest BCUT2D eigenvalue weighted by molar-refractivity contribution is 5.92. The van der Waals surface area contributed by atoms with Crippen molar-refractivity contribution in [2.24, 2.45) is 0 Å². The van der Waals surface area contributed by atoms with E-state index in [1.165, 1.54) is 0 Å². The maximum atomic E-state index is 11.6. The molecule has 36 heavy (non-hydrogen) atoms. The third-order valence-electron chi connectivity index (χ3n) is 5.94. The average Bonchev–Trinajstić information content (AvgIpc) is 2.87. The van der Waals surface area contributed by atoms with E-state index in [0.717, 1.165) is 41.0 Å². The van der Waals surface area contributed by atoms with Crippen molar-refractivity contribution in [3.05, 3.63) is 77.9 Å². The van der Waals surface area contributed by atoms with E-state index >= 15 is 0 Å². The highest BCUT2D eigenvalue weighted by atomic mass is 16.5. The third kappa shape index (κ3) is 6.77. The van der Waals surface area contributed by atoms with Gasteiger partial charge in [-0.25, -0.2) is 4.79 Å². The molecule has 0 amide bonds. The second kappa shape index (κ2) is 11.9. The van der Waals surface area contributed by atoms with Crippen molar-refractivity contribution in [1.29, 1.82) is 0 Å². The van der Waals surface area contributed by atoms with Crippen LogP contribution >= 0.6 is 0 Å². The minimum atomic E-state index is -1.01. The van der Waals surface area contributed by atoms with Gasteiger partial charge in [-0.15, -0.1) is 0 Å². The fraction of sp³-hybridized carbons (Fsp3) is 0.345. The van der Waals surface area contributed by atoms with E-state index in [-0.39, 0.29) is 24.4 Å². The van der Waals surface area contributed by atoms with E-state index in [0.29, 0.717) is 18.8 Å². The lowest BCUT2D eigenvalue weighted by Gasteiger charge is -2.27. The van der Waals surface area contributed by atoms with Crippen LogP contribution in [0.1, 0.15) is 36.2 Å². The summed E-state index contributed by atoms with van der Waals surface area (Å²) in [7, 11) is 0. The van der Waals surface area contributed by atoms with Gasteiger partial charge in [-0.3, -0.25) is 0 Å². The maximum absolute atomic E-state index is 11.6. The highest BCUT2D eigenvalue weighted by Gasteiger charge is 2.21. The number of aromatic carboxylic acids is 1. The number of nitrogens with one attached hydrogen (secondary N) is 1. The molecule has 0 radical (unpaired) electrons. The number of benzene rings is 3. The van der Waals surface area contributed by atoms with Crippen molar-refractivity contribution >= 4 is 5.97 Å². The molecule has 4 rings (SSSR count). The number of hydrogen-bond acceptors (Lipinski definition) is 6. The van der Waals surface area contributed by atoms with Crippen LogP contribution in [0, 0.1) is 0 Å². The first-order valence-electron chi connectivity index (χ1n) is 12.3. The number of hydrogen-bond donors (Lipinski definition) is 3. The number of para-hydroxylation sites is 1. The molecule has 7 heteroatoms. The minimum absolute atomic E-state index is 0.0199. The molecule has 3 aromatic carbocycles. The first-order valence-corrected chi connectivity index (χ1v) is 12.3. The van der Waals surface area contributed by atoms with Gasteiger partial charge >= 0.3 is 5.97 Å². The van der Waals surface area contributed by atoms with Crippen LogP contribution < -0.4 is 19.5 Å². The predicted octanol–water partition coefficient (Wildman–Crippen LogP) is 4.56. The monoisotopic (exact) mass is 491 g/mol. The quantitative estimate of drug-likeness (QED) is 0.362. The molecule has 0 unspecified atom stereocenters. The summed E-state index contributed by atoms with van der Waals surface area (Å²) in [6.07, 6.45) is 1.02. The Bertz CT molecular complexity index is 1160. The van der Waals surface area contributed by atoms with E-state index in [1.54, 1.807) is 12.1 Å². The molecule has 0 aliphatic carbocycles. The molecule has 3 aromatic rings. The standard InChI is InChI=1S/C29H33NO6/c1-19(2)35-28-15-21(9-12-26(28)29(32)33)20-10-13-27-22(14-20)8-11-25(36-27)17-30-16-23(31)18-34-24-6-4-3-5-7-24/h3-7,9-10,12-15,19,23,25,30-31H,8,11,16-18H2,1-2H3,(H,32,33)/t23-,25+/m0/s1. The molecule has 1 heterocycles. The van der Waals surface area contributed by atoms with E-state index in [4.69, 9.17) is 14.2 Å². The Morgan fingerprint density at radius 1 is 1.08 bits per heavy atom. The Labute approximate surface area is 211 Å². The molecule has 3 N–H and O–H groups in total. The largest absolute Gasteiger partial charge is 0.491 e. The Morgan fingerprint density at radius 3 is 2.58 bits per heavy atom. The summed E-state index contributed by atoms with van der Waals surface area (Å²) in [5.74, 6) is 0.952. The van der Waals surface area contributed by atoms with Gasteiger partial charge in [-0.05, 0) is 79.8 Å². The van der Waals surface area contributed by atoms with Gasteiger partial charge in [0.1, 0.15) is 41.6 Å².